The number of alkyl halides is 3. The van der Waals surface area contributed by atoms with E-state index in [2.05, 4.69) is 9.72 Å². The van der Waals surface area contributed by atoms with Gasteiger partial charge in [-0.05, 0) is 30.4 Å². The van der Waals surface area contributed by atoms with Crippen LogP contribution < -0.4 is 5.73 Å². The number of nitrogens with zero attached hydrogens (tertiary/aromatic N) is 3. The quantitative estimate of drug-likeness (QED) is 0.343. The summed E-state index contributed by atoms with van der Waals surface area (Å²) in [6.07, 6.45) is -3.42. The molecule has 1 amide bonds. The molecule has 1 unspecified atom stereocenters. The molecule has 13 heteroatoms. The van der Waals surface area contributed by atoms with Crippen LogP contribution in [0.15, 0.2) is 12.1 Å². The van der Waals surface area contributed by atoms with Crippen LogP contribution in [-0.2, 0) is 28.7 Å². The fourth-order valence-electron chi connectivity index (χ4n) is 4.63. The van der Waals surface area contributed by atoms with Crippen LogP contribution in [0.3, 0.4) is 0 Å². The molecule has 2 atom stereocenters. The maximum absolute atomic E-state index is 14.0. The van der Waals surface area contributed by atoms with Crippen molar-refractivity contribution in [3.05, 3.63) is 52.4 Å². The van der Waals surface area contributed by atoms with E-state index in [0.29, 0.717) is 18.6 Å². The van der Waals surface area contributed by atoms with Gasteiger partial charge in [-0.15, -0.1) is 0 Å². The lowest BCUT2D eigenvalue weighted by Gasteiger charge is -2.38. The van der Waals surface area contributed by atoms with Gasteiger partial charge in [0, 0.05) is 31.6 Å². The Labute approximate surface area is 202 Å². The predicted molar refractivity (Wildman–Crippen MR) is 113 cm³/mol. The number of amides is 1. The lowest BCUT2D eigenvalue weighted by molar-refractivity contribution is -0.148. The first-order valence-electron chi connectivity index (χ1n) is 11.3. The molecule has 0 bridgehead atoms. The third kappa shape index (κ3) is 5.20. The van der Waals surface area contributed by atoms with E-state index in [1.807, 2.05) is 0 Å². The molecule has 1 aliphatic heterocycles. The molecule has 0 radical (unpaired) electrons. The molecule has 0 saturated heterocycles. The summed E-state index contributed by atoms with van der Waals surface area (Å²) in [5.74, 6) is -6.26. The van der Waals surface area contributed by atoms with E-state index >= 15 is 0 Å². The van der Waals surface area contributed by atoms with Crippen molar-refractivity contribution in [3.8, 4) is 0 Å². The van der Waals surface area contributed by atoms with Gasteiger partial charge in [0.15, 0.2) is 17.3 Å². The highest BCUT2D eigenvalue weighted by Crippen LogP contribution is 2.44. The highest BCUT2D eigenvalue weighted by atomic mass is 19.4. The first kappa shape index (κ1) is 26.0. The number of rotatable bonds is 7. The maximum atomic E-state index is 14.0. The lowest BCUT2D eigenvalue weighted by atomic mass is 9.98. The van der Waals surface area contributed by atoms with Gasteiger partial charge in [0.1, 0.15) is 5.82 Å². The molecule has 1 aromatic heterocycles. The highest BCUT2D eigenvalue weighted by Gasteiger charge is 2.46. The normalized spacial score (nSPS) is 18.7. The summed E-state index contributed by atoms with van der Waals surface area (Å²) in [6, 6.07) is -0.783. The second-order valence-corrected chi connectivity index (χ2v) is 9.12. The number of hydrogen-bond donors (Lipinski definition) is 1. The molecule has 4 rings (SSSR count). The van der Waals surface area contributed by atoms with Crippen LogP contribution in [0, 0.1) is 23.4 Å². The highest BCUT2D eigenvalue weighted by molar-refractivity contribution is 5.89. The average molecular weight is 518 g/mol. The molecule has 196 valence electrons. The van der Waals surface area contributed by atoms with E-state index in [1.54, 1.807) is 0 Å². The number of methoxy groups -OCH3 is 1. The van der Waals surface area contributed by atoms with Crippen molar-refractivity contribution in [1.29, 1.82) is 0 Å². The van der Waals surface area contributed by atoms with Gasteiger partial charge in [0.2, 0.25) is 11.7 Å². The van der Waals surface area contributed by atoms with Crippen LogP contribution in [0.4, 0.5) is 26.3 Å². The predicted octanol–water partition coefficient (Wildman–Crippen LogP) is 3.75. The zero-order valence-corrected chi connectivity index (χ0v) is 19.2. The number of fused-ring (bicyclic) bond motifs is 1. The summed E-state index contributed by atoms with van der Waals surface area (Å²) in [5.41, 5.74) is 5.27. The van der Waals surface area contributed by atoms with Gasteiger partial charge in [-0.2, -0.15) is 13.2 Å². The molecule has 2 heterocycles. The number of ether oxygens (including phenoxy) is 1. The topological polar surface area (TPSA) is 90.5 Å². The van der Waals surface area contributed by atoms with Crippen molar-refractivity contribution >= 4 is 11.9 Å². The number of benzene rings is 1. The Hall–Kier alpha value is -3.09. The van der Waals surface area contributed by atoms with Gasteiger partial charge in [0.25, 0.3) is 0 Å². The molecule has 1 saturated carbocycles. The largest absolute Gasteiger partial charge is 0.464 e. The van der Waals surface area contributed by atoms with E-state index in [-0.39, 0.29) is 43.1 Å². The molecule has 1 fully saturated rings. The number of aromatic nitrogens is 2. The third-order valence-corrected chi connectivity index (χ3v) is 6.48. The van der Waals surface area contributed by atoms with E-state index < -0.39 is 59.1 Å². The number of hydrogen-bond acceptors (Lipinski definition) is 5. The fourth-order valence-corrected chi connectivity index (χ4v) is 4.63. The summed E-state index contributed by atoms with van der Waals surface area (Å²) < 4.78 is 87.3. The van der Waals surface area contributed by atoms with Gasteiger partial charge in [-0.1, -0.05) is 12.8 Å². The Morgan fingerprint density at radius 1 is 1.14 bits per heavy atom. The molecule has 1 aromatic carbocycles. The zero-order chi connectivity index (χ0) is 26.4. The van der Waals surface area contributed by atoms with E-state index in [1.165, 1.54) is 4.90 Å². The van der Waals surface area contributed by atoms with Crippen LogP contribution in [0.25, 0.3) is 0 Å². The number of carbonyl (C=O) groups is 2. The van der Waals surface area contributed by atoms with E-state index in [9.17, 15) is 35.9 Å². The Bertz CT molecular complexity index is 1180. The fraction of sp³-hybridized carbons (Fsp3) is 0.522. The molecular formula is C23H24F6N4O3. The molecule has 36 heavy (non-hydrogen) atoms. The summed E-state index contributed by atoms with van der Waals surface area (Å²) in [5, 5.41) is 0. The summed E-state index contributed by atoms with van der Waals surface area (Å²) in [6.45, 7) is -0.344. The summed E-state index contributed by atoms with van der Waals surface area (Å²) >= 11 is 0. The van der Waals surface area contributed by atoms with Gasteiger partial charge in [-0.3, -0.25) is 4.79 Å². The Morgan fingerprint density at radius 2 is 1.81 bits per heavy atom. The van der Waals surface area contributed by atoms with Crippen LogP contribution in [0.5, 0.6) is 0 Å². The zero-order valence-electron chi connectivity index (χ0n) is 19.2. The minimum atomic E-state index is -4.83. The number of imidazole rings is 1. The lowest BCUT2D eigenvalue weighted by Crippen LogP contribution is -2.45. The van der Waals surface area contributed by atoms with Crippen LogP contribution in [0.2, 0.25) is 0 Å². The average Bonchev–Trinajstić information content (AvgIpc) is 3.52. The number of halogens is 6. The van der Waals surface area contributed by atoms with Gasteiger partial charge in [0.05, 0.1) is 18.8 Å². The molecule has 0 spiro atoms. The SMILES string of the molecule is COC(=O)c1nc(C(F)(F)F)n2c1C(CC1CC1)N(C(=O)C[C@H](N)Cc1cc(F)c(F)cc1F)CC2. The van der Waals surface area contributed by atoms with Crippen LogP contribution in [-0.4, -0.2) is 46.0 Å². The maximum Gasteiger partial charge on any atom is 0.449 e. The summed E-state index contributed by atoms with van der Waals surface area (Å²) in [7, 11) is 1.03. The monoisotopic (exact) mass is 518 g/mol. The number of esters is 1. The van der Waals surface area contributed by atoms with Gasteiger partial charge < -0.3 is 19.9 Å². The second-order valence-electron chi connectivity index (χ2n) is 9.12. The number of nitrogens with two attached hydrogens (primary N) is 1. The second kappa shape index (κ2) is 9.75. The smallest absolute Gasteiger partial charge is 0.449 e. The first-order valence-corrected chi connectivity index (χ1v) is 11.3. The van der Waals surface area contributed by atoms with Crippen molar-refractivity contribution in [2.75, 3.05) is 13.7 Å². The minimum Gasteiger partial charge on any atom is -0.464 e. The van der Waals surface area contributed by atoms with Crippen molar-refractivity contribution in [2.24, 2.45) is 11.7 Å². The molecule has 2 aliphatic rings. The van der Waals surface area contributed by atoms with Crippen LogP contribution in [0.1, 0.15) is 59.3 Å². The molecular weight excluding hydrogens is 494 g/mol. The first-order chi connectivity index (χ1) is 16.9. The Balaban J connectivity index is 1.61. The van der Waals surface area contributed by atoms with Crippen molar-refractivity contribution in [2.45, 2.75) is 56.9 Å². The minimum absolute atomic E-state index is 0.0408. The Morgan fingerprint density at radius 3 is 2.42 bits per heavy atom. The third-order valence-electron chi connectivity index (χ3n) is 6.48. The van der Waals surface area contributed by atoms with Crippen LogP contribution >= 0.6 is 0 Å². The molecule has 2 aromatic rings. The van der Waals surface area contributed by atoms with Crippen molar-refractivity contribution < 1.29 is 40.7 Å². The van der Waals surface area contributed by atoms with Gasteiger partial charge >= 0.3 is 12.1 Å². The molecule has 1 aliphatic carbocycles. The standard InChI is InChI=1S/C23H24F6N4O3/c1-36-21(35)19-20-17(6-11-2-3-11)32(4-5-33(20)22(31-19)23(27,28)29)18(34)9-13(30)7-12-8-15(25)16(26)10-14(12)24/h8,10-11,13,17H,2-7,9,30H2,1H3/t13-,17?/m1/s1. The molecule has 7 nitrogen and oxygen atoms in total. The van der Waals surface area contributed by atoms with E-state index in [0.717, 1.165) is 24.5 Å². The Kier molecular flexibility index (Phi) is 7.04. The van der Waals surface area contributed by atoms with Crippen molar-refractivity contribution in [1.82, 2.24) is 14.5 Å². The number of carbonyl (C=O) groups excluding carboxylic acids is 2. The van der Waals surface area contributed by atoms with Crippen molar-refractivity contribution in [3.63, 3.8) is 0 Å². The van der Waals surface area contributed by atoms with E-state index in [4.69, 9.17) is 5.73 Å². The summed E-state index contributed by atoms with van der Waals surface area (Å²) in [4.78, 5) is 30.5. The molecule has 2 N–H and O–H groups in total. The van der Waals surface area contributed by atoms with Gasteiger partial charge in [-0.25, -0.2) is 22.9 Å².